The minimum Gasteiger partial charge on any atom is -0.481 e. The van der Waals surface area contributed by atoms with Crippen molar-refractivity contribution in [1.29, 1.82) is 0 Å². The lowest BCUT2D eigenvalue weighted by atomic mass is 9.91. The molecule has 3 heteroatoms. The predicted molar refractivity (Wildman–Crippen MR) is 68.6 cm³/mol. The maximum atomic E-state index is 11.2. The number of aliphatic carboxylic acids is 1. The Hall–Kier alpha value is -0.830. The second-order valence-electron chi connectivity index (χ2n) is 4.41. The van der Waals surface area contributed by atoms with Gasteiger partial charge in [-0.25, -0.2) is 0 Å². The van der Waals surface area contributed by atoms with Crippen molar-refractivity contribution in [2.24, 2.45) is 5.92 Å². The standard InChI is InChI=1S/C13H17BrO2/c1-9(2)3-8-12(13(15)16)10-4-6-11(14)7-5-10/h4-7,9,12H,3,8H2,1-2H3,(H,15,16). The molecule has 0 saturated carbocycles. The highest BCUT2D eigenvalue weighted by Crippen LogP contribution is 2.25. The van der Waals surface area contributed by atoms with Crippen LogP contribution in [0.5, 0.6) is 0 Å². The molecule has 0 fully saturated rings. The van der Waals surface area contributed by atoms with Crippen LogP contribution in [0, 0.1) is 5.92 Å². The van der Waals surface area contributed by atoms with Crippen molar-refractivity contribution in [3.63, 3.8) is 0 Å². The molecule has 0 aliphatic carbocycles. The van der Waals surface area contributed by atoms with Crippen molar-refractivity contribution < 1.29 is 9.90 Å². The summed E-state index contributed by atoms with van der Waals surface area (Å²) in [6.45, 7) is 4.22. The Morgan fingerprint density at radius 2 is 1.81 bits per heavy atom. The van der Waals surface area contributed by atoms with Crippen LogP contribution in [-0.2, 0) is 4.79 Å². The zero-order valence-corrected chi connectivity index (χ0v) is 11.2. The van der Waals surface area contributed by atoms with E-state index in [0.717, 1.165) is 16.5 Å². The highest BCUT2D eigenvalue weighted by Gasteiger charge is 2.19. The number of carbonyl (C=O) groups is 1. The van der Waals surface area contributed by atoms with E-state index in [4.69, 9.17) is 0 Å². The Labute approximate surface area is 105 Å². The van der Waals surface area contributed by atoms with E-state index in [1.165, 1.54) is 0 Å². The summed E-state index contributed by atoms with van der Waals surface area (Å²) in [6, 6.07) is 7.54. The fraction of sp³-hybridized carbons (Fsp3) is 0.462. The van der Waals surface area contributed by atoms with Crippen LogP contribution in [0.15, 0.2) is 28.7 Å². The van der Waals surface area contributed by atoms with Gasteiger partial charge >= 0.3 is 5.97 Å². The SMILES string of the molecule is CC(C)CCC(C(=O)O)c1ccc(Br)cc1. The smallest absolute Gasteiger partial charge is 0.310 e. The number of carboxylic acids is 1. The molecule has 1 N–H and O–H groups in total. The van der Waals surface area contributed by atoms with Crippen LogP contribution in [-0.4, -0.2) is 11.1 Å². The molecule has 0 radical (unpaired) electrons. The maximum absolute atomic E-state index is 11.2. The van der Waals surface area contributed by atoms with Crippen molar-refractivity contribution in [2.45, 2.75) is 32.6 Å². The second-order valence-corrected chi connectivity index (χ2v) is 5.33. The lowest BCUT2D eigenvalue weighted by Gasteiger charge is -2.14. The van der Waals surface area contributed by atoms with Gasteiger partial charge in [0.15, 0.2) is 0 Å². The van der Waals surface area contributed by atoms with E-state index in [1.807, 2.05) is 24.3 Å². The van der Waals surface area contributed by atoms with Crippen molar-refractivity contribution in [1.82, 2.24) is 0 Å². The monoisotopic (exact) mass is 284 g/mol. The topological polar surface area (TPSA) is 37.3 Å². The average Bonchev–Trinajstić information content (AvgIpc) is 2.20. The molecule has 1 aromatic carbocycles. The first kappa shape index (κ1) is 13.2. The molecule has 2 nitrogen and oxygen atoms in total. The second kappa shape index (κ2) is 6.04. The van der Waals surface area contributed by atoms with Gasteiger partial charge in [0.2, 0.25) is 0 Å². The van der Waals surface area contributed by atoms with E-state index in [9.17, 15) is 9.90 Å². The Morgan fingerprint density at radius 3 is 2.25 bits per heavy atom. The summed E-state index contributed by atoms with van der Waals surface area (Å²) < 4.78 is 0.976. The highest BCUT2D eigenvalue weighted by molar-refractivity contribution is 9.10. The summed E-state index contributed by atoms with van der Waals surface area (Å²) in [6.07, 6.45) is 1.64. The third kappa shape index (κ3) is 3.97. The average molecular weight is 285 g/mol. The fourth-order valence-electron chi connectivity index (χ4n) is 1.63. The molecule has 88 valence electrons. The number of rotatable bonds is 5. The van der Waals surface area contributed by atoms with E-state index >= 15 is 0 Å². The third-order valence-corrected chi connectivity index (χ3v) is 3.13. The molecule has 1 unspecified atom stereocenters. The molecule has 0 amide bonds. The highest BCUT2D eigenvalue weighted by atomic mass is 79.9. The van der Waals surface area contributed by atoms with Crippen molar-refractivity contribution >= 4 is 21.9 Å². The molecule has 0 spiro atoms. The molecular formula is C13H17BrO2. The van der Waals surface area contributed by atoms with Crippen LogP contribution in [0.1, 0.15) is 38.2 Å². The number of hydrogen-bond acceptors (Lipinski definition) is 1. The van der Waals surface area contributed by atoms with Gasteiger partial charge in [-0.2, -0.15) is 0 Å². The fourth-order valence-corrected chi connectivity index (χ4v) is 1.89. The summed E-state index contributed by atoms with van der Waals surface area (Å²) >= 11 is 3.35. The lowest BCUT2D eigenvalue weighted by Crippen LogP contribution is -2.12. The zero-order valence-electron chi connectivity index (χ0n) is 9.61. The number of benzene rings is 1. The molecule has 1 aromatic rings. The van der Waals surface area contributed by atoms with Gasteiger partial charge < -0.3 is 5.11 Å². The molecular weight excluding hydrogens is 268 g/mol. The summed E-state index contributed by atoms with van der Waals surface area (Å²) in [5.41, 5.74) is 0.886. The van der Waals surface area contributed by atoms with Gasteiger partial charge in [0, 0.05) is 4.47 Å². The van der Waals surface area contributed by atoms with Crippen LogP contribution in [0.25, 0.3) is 0 Å². The van der Waals surface area contributed by atoms with Crippen molar-refractivity contribution in [3.05, 3.63) is 34.3 Å². The molecule has 0 aliphatic rings. The van der Waals surface area contributed by atoms with E-state index in [2.05, 4.69) is 29.8 Å². The molecule has 1 atom stereocenters. The van der Waals surface area contributed by atoms with Gasteiger partial charge in [-0.1, -0.05) is 41.9 Å². The molecule has 0 bridgehead atoms. The Morgan fingerprint density at radius 1 is 1.25 bits per heavy atom. The normalized spacial score (nSPS) is 12.8. The number of carboxylic acid groups (broad SMARTS) is 1. The minimum atomic E-state index is -0.733. The summed E-state index contributed by atoms with van der Waals surface area (Å²) in [5.74, 6) is -0.573. The first-order chi connectivity index (χ1) is 7.50. The lowest BCUT2D eigenvalue weighted by molar-refractivity contribution is -0.139. The molecule has 0 saturated heterocycles. The van der Waals surface area contributed by atoms with Gasteiger partial charge in [-0.05, 0) is 36.5 Å². The van der Waals surface area contributed by atoms with Crippen molar-refractivity contribution in [3.8, 4) is 0 Å². The van der Waals surface area contributed by atoms with Crippen LogP contribution in [0.2, 0.25) is 0 Å². The first-order valence-corrected chi connectivity index (χ1v) is 6.28. The summed E-state index contributed by atoms with van der Waals surface area (Å²) in [5, 5.41) is 9.20. The largest absolute Gasteiger partial charge is 0.481 e. The molecule has 0 heterocycles. The quantitative estimate of drug-likeness (QED) is 0.886. The Bertz CT molecular complexity index is 343. The van der Waals surface area contributed by atoms with E-state index in [0.29, 0.717) is 12.3 Å². The Kier molecular flexibility index (Phi) is 5.00. The van der Waals surface area contributed by atoms with Gasteiger partial charge in [-0.3, -0.25) is 4.79 Å². The van der Waals surface area contributed by atoms with Gasteiger partial charge in [-0.15, -0.1) is 0 Å². The van der Waals surface area contributed by atoms with Gasteiger partial charge in [0.1, 0.15) is 0 Å². The molecule has 0 aromatic heterocycles. The molecule has 16 heavy (non-hydrogen) atoms. The van der Waals surface area contributed by atoms with Crippen LogP contribution in [0.4, 0.5) is 0 Å². The van der Waals surface area contributed by atoms with Gasteiger partial charge in [0.25, 0.3) is 0 Å². The van der Waals surface area contributed by atoms with Crippen LogP contribution >= 0.6 is 15.9 Å². The zero-order chi connectivity index (χ0) is 12.1. The minimum absolute atomic E-state index is 0.379. The van der Waals surface area contributed by atoms with Crippen molar-refractivity contribution in [2.75, 3.05) is 0 Å². The predicted octanol–water partition coefficient (Wildman–Crippen LogP) is 4.05. The van der Waals surface area contributed by atoms with E-state index < -0.39 is 5.97 Å². The third-order valence-electron chi connectivity index (χ3n) is 2.60. The van der Waals surface area contributed by atoms with E-state index in [1.54, 1.807) is 0 Å². The van der Waals surface area contributed by atoms with Crippen LogP contribution < -0.4 is 0 Å². The number of halogens is 1. The maximum Gasteiger partial charge on any atom is 0.310 e. The first-order valence-electron chi connectivity index (χ1n) is 5.49. The van der Waals surface area contributed by atoms with Crippen LogP contribution in [0.3, 0.4) is 0 Å². The number of hydrogen-bond donors (Lipinski definition) is 1. The summed E-state index contributed by atoms with van der Waals surface area (Å²) in [7, 11) is 0. The summed E-state index contributed by atoms with van der Waals surface area (Å²) in [4.78, 5) is 11.2. The molecule has 1 rings (SSSR count). The molecule has 0 aliphatic heterocycles. The van der Waals surface area contributed by atoms with E-state index in [-0.39, 0.29) is 5.92 Å². The Balaban J connectivity index is 2.77. The van der Waals surface area contributed by atoms with Gasteiger partial charge in [0.05, 0.1) is 5.92 Å².